The van der Waals surface area contributed by atoms with Gasteiger partial charge in [-0.3, -0.25) is 0 Å². The number of nitrogens with zero attached hydrogens (tertiary/aromatic N) is 5. The summed E-state index contributed by atoms with van der Waals surface area (Å²) in [6, 6.07) is 74.9. The summed E-state index contributed by atoms with van der Waals surface area (Å²) in [5, 5.41) is 4.39. The second kappa shape index (κ2) is 14.7. The van der Waals surface area contributed by atoms with Crippen LogP contribution in [0.4, 0.5) is 17.1 Å². The summed E-state index contributed by atoms with van der Waals surface area (Å²) in [7, 11) is 0. The van der Waals surface area contributed by atoms with Gasteiger partial charge in [-0.25, -0.2) is 15.0 Å². The van der Waals surface area contributed by atoms with Gasteiger partial charge in [-0.2, -0.15) is 0 Å². The van der Waals surface area contributed by atoms with Crippen LogP contribution in [0.25, 0.3) is 94.7 Å². The molecular formula is C60H41N5O. The third kappa shape index (κ3) is 5.78. The van der Waals surface area contributed by atoms with Gasteiger partial charge in [-0.05, 0) is 65.2 Å². The first-order chi connectivity index (χ1) is 32.5. The van der Waals surface area contributed by atoms with Crippen LogP contribution in [0, 0.1) is 0 Å². The lowest BCUT2D eigenvalue weighted by atomic mass is 9.73. The highest BCUT2D eigenvalue weighted by Gasteiger charge is 2.39. The van der Waals surface area contributed by atoms with Crippen LogP contribution in [0.3, 0.4) is 0 Å². The predicted molar refractivity (Wildman–Crippen MR) is 270 cm³/mol. The maximum Gasteiger partial charge on any atom is 0.167 e. The molecule has 0 saturated heterocycles. The molecule has 3 aromatic heterocycles. The lowest BCUT2D eigenvalue weighted by Gasteiger charge is -2.42. The Morgan fingerprint density at radius 1 is 0.409 bits per heavy atom. The van der Waals surface area contributed by atoms with Crippen molar-refractivity contribution in [3.63, 3.8) is 0 Å². The minimum atomic E-state index is -0.252. The lowest BCUT2D eigenvalue weighted by molar-refractivity contribution is 0.633. The van der Waals surface area contributed by atoms with E-state index in [9.17, 15) is 0 Å². The molecule has 0 fully saturated rings. The minimum absolute atomic E-state index is 0.252. The molecule has 0 atom stereocenters. The lowest BCUT2D eigenvalue weighted by Crippen LogP contribution is -2.31. The van der Waals surface area contributed by atoms with Crippen molar-refractivity contribution in [2.24, 2.45) is 0 Å². The van der Waals surface area contributed by atoms with Crippen LogP contribution < -0.4 is 4.90 Å². The molecule has 6 heteroatoms. The van der Waals surface area contributed by atoms with Crippen LogP contribution in [0.15, 0.2) is 217 Å². The van der Waals surface area contributed by atoms with Gasteiger partial charge in [0.25, 0.3) is 0 Å². The van der Waals surface area contributed by atoms with E-state index >= 15 is 0 Å². The maximum absolute atomic E-state index is 7.07. The Labute approximate surface area is 381 Å². The SMILES string of the molecule is CC1(C)c2ccccc2N(c2ccccc2)c2c1ccc1c3cc(-c4cccc5c4oc4c(-c6nc(-c7ccccc7)nc(-c7ccccc7)n6)cccc45)ccc3n(-c3ccccc3)c21. The summed E-state index contributed by atoms with van der Waals surface area (Å²) in [6.45, 7) is 4.72. The van der Waals surface area contributed by atoms with Crippen molar-refractivity contribution in [1.29, 1.82) is 0 Å². The number of benzene rings is 9. The van der Waals surface area contributed by atoms with Gasteiger partial charge in [0.05, 0.1) is 28.0 Å². The van der Waals surface area contributed by atoms with Gasteiger partial charge in [0.15, 0.2) is 17.5 Å². The number of anilines is 3. The monoisotopic (exact) mass is 847 g/mol. The molecule has 6 nitrogen and oxygen atoms in total. The molecule has 0 spiro atoms. The van der Waals surface area contributed by atoms with E-state index in [0.29, 0.717) is 17.5 Å². The Kier molecular flexibility index (Phi) is 8.46. The average molecular weight is 848 g/mol. The molecule has 0 aliphatic carbocycles. The quantitative estimate of drug-likeness (QED) is 0.167. The number of hydrogen-bond acceptors (Lipinski definition) is 5. The topological polar surface area (TPSA) is 60.0 Å². The number of para-hydroxylation sites is 5. The van der Waals surface area contributed by atoms with Crippen molar-refractivity contribution in [1.82, 2.24) is 19.5 Å². The average Bonchev–Trinajstić information content (AvgIpc) is 3.93. The number of rotatable bonds is 6. The normalized spacial score (nSPS) is 13.1. The van der Waals surface area contributed by atoms with Crippen LogP contribution in [-0.2, 0) is 5.41 Å². The molecular weight excluding hydrogens is 807 g/mol. The molecule has 13 rings (SSSR count). The van der Waals surface area contributed by atoms with Crippen molar-refractivity contribution < 1.29 is 4.42 Å². The fourth-order valence-electron chi connectivity index (χ4n) is 10.3. The molecule has 9 aromatic carbocycles. The number of hydrogen-bond donors (Lipinski definition) is 0. The van der Waals surface area contributed by atoms with Crippen molar-refractivity contribution >= 4 is 60.8 Å². The summed E-state index contributed by atoms with van der Waals surface area (Å²) < 4.78 is 9.53. The third-order valence-electron chi connectivity index (χ3n) is 13.4. The Morgan fingerprint density at radius 2 is 0.970 bits per heavy atom. The number of fused-ring (bicyclic) bond motifs is 9. The standard InChI is InChI=1S/C60H41N5O/c1-60(2)49-31-15-16-32-52(49)65(42-25-13-6-14-26-42)54-50(60)35-34-44-48-37-40(33-36-51(48)64(53(44)54)41-23-11-5-12-24-41)43-27-17-28-45-46-29-18-30-47(56(46)66-55(43)45)59-62-57(38-19-7-3-8-20-38)61-58(63-59)39-21-9-4-10-22-39/h3-37H,1-2H3. The Morgan fingerprint density at radius 3 is 1.64 bits per heavy atom. The zero-order valence-corrected chi connectivity index (χ0v) is 36.4. The highest BCUT2D eigenvalue weighted by atomic mass is 16.3. The molecule has 66 heavy (non-hydrogen) atoms. The van der Waals surface area contributed by atoms with E-state index in [0.717, 1.165) is 66.6 Å². The first kappa shape index (κ1) is 37.9. The Hall–Kier alpha value is -8.61. The van der Waals surface area contributed by atoms with Crippen molar-refractivity contribution in [2.75, 3.05) is 4.90 Å². The van der Waals surface area contributed by atoms with Crippen molar-refractivity contribution in [2.45, 2.75) is 19.3 Å². The maximum atomic E-state index is 7.07. The molecule has 0 N–H and O–H groups in total. The van der Waals surface area contributed by atoms with Gasteiger partial charge in [0.1, 0.15) is 11.2 Å². The molecule has 1 aliphatic heterocycles. The van der Waals surface area contributed by atoms with E-state index in [1.165, 1.54) is 38.8 Å². The molecule has 0 unspecified atom stereocenters. The second-order valence-corrected chi connectivity index (χ2v) is 17.6. The highest BCUT2D eigenvalue weighted by Crippen LogP contribution is 2.55. The van der Waals surface area contributed by atoms with Crippen LogP contribution in [0.1, 0.15) is 25.0 Å². The van der Waals surface area contributed by atoms with Crippen LogP contribution in [0.2, 0.25) is 0 Å². The summed E-state index contributed by atoms with van der Waals surface area (Å²) >= 11 is 0. The molecule has 12 aromatic rings. The summed E-state index contributed by atoms with van der Waals surface area (Å²) in [5.74, 6) is 1.78. The van der Waals surface area contributed by atoms with Gasteiger partial charge in [-0.15, -0.1) is 0 Å². The highest BCUT2D eigenvalue weighted by molar-refractivity contribution is 6.18. The molecule has 4 heterocycles. The van der Waals surface area contributed by atoms with Crippen LogP contribution in [0.5, 0.6) is 0 Å². The summed E-state index contributed by atoms with van der Waals surface area (Å²) in [6.07, 6.45) is 0. The van der Waals surface area contributed by atoms with Crippen LogP contribution >= 0.6 is 0 Å². The molecule has 0 radical (unpaired) electrons. The van der Waals surface area contributed by atoms with Gasteiger partial charge in [-0.1, -0.05) is 178 Å². The number of furan rings is 1. The first-order valence-electron chi connectivity index (χ1n) is 22.4. The van der Waals surface area contributed by atoms with Crippen LogP contribution in [-0.4, -0.2) is 19.5 Å². The van der Waals surface area contributed by atoms with E-state index in [4.69, 9.17) is 19.4 Å². The van der Waals surface area contributed by atoms with E-state index in [-0.39, 0.29) is 5.41 Å². The molecule has 312 valence electrons. The minimum Gasteiger partial charge on any atom is -0.455 e. The zero-order chi connectivity index (χ0) is 43.9. The zero-order valence-electron chi connectivity index (χ0n) is 36.4. The smallest absolute Gasteiger partial charge is 0.167 e. The van der Waals surface area contributed by atoms with Crippen molar-refractivity contribution in [3.8, 4) is 51.0 Å². The van der Waals surface area contributed by atoms with Gasteiger partial charge in [0, 0.05) is 55.0 Å². The van der Waals surface area contributed by atoms with E-state index in [2.05, 4.69) is 169 Å². The Bertz CT molecular complexity index is 3780. The second-order valence-electron chi connectivity index (χ2n) is 17.6. The summed E-state index contributed by atoms with van der Waals surface area (Å²) in [5.41, 5.74) is 15.6. The molecule has 0 amide bonds. The van der Waals surface area contributed by atoms with Gasteiger partial charge in [0.2, 0.25) is 0 Å². The van der Waals surface area contributed by atoms with Crippen molar-refractivity contribution in [3.05, 3.63) is 223 Å². The fraction of sp³-hybridized carbons (Fsp3) is 0.0500. The number of aromatic nitrogens is 4. The van der Waals surface area contributed by atoms with Gasteiger partial charge >= 0.3 is 0 Å². The Balaban J connectivity index is 1.04. The van der Waals surface area contributed by atoms with E-state index in [1.54, 1.807) is 0 Å². The van der Waals surface area contributed by atoms with E-state index < -0.39 is 0 Å². The molecule has 0 bridgehead atoms. The first-order valence-corrected chi connectivity index (χ1v) is 22.4. The molecule has 0 saturated carbocycles. The largest absolute Gasteiger partial charge is 0.455 e. The van der Waals surface area contributed by atoms with E-state index in [1.807, 2.05) is 66.7 Å². The van der Waals surface area contributed by atoms with Gasteiger partial charge < -0.3 is 13.9 Å². The molecule has 1 aliphatic rings. The summed E-state index contributed by atoms with van der Waals surface area (Å²) in [4.78, 5) is 17.6. The fourth-order valence-corrected chi connectivity index (χ4v) is 10.3. The predicted octanol–water partition coefficient (Wildman–Crippen LogP) is 15.6. The third-order valence-corrected chi connectivity index (χ3v) is 13.4.